The Labute approximate surface area is 108 Å². The van der Waals surface area contributed by atoms with Gasteiger partial charge >= 0.3 is 0 Å². The lowest BCUT2D eigenvalue weighted by Gasteiger charge is -2.15. The summed E-state index contributed by atoms with van der Waals surface area (Å²) in [4.78, 5) is 25.0. The summed E-state index contributed by atoms with van der Waals surface area (Å²) in [5, 5.41) is 6.48. The fourth-order valence-electron chi connectivity index (χ4n) is 1.89. The maximum Gasteiger partial charge on any atom is 0.254 e. The SMILES string of the molecule is CN(Cc1ncn[nH]1)C(=O)c1ccc2nc[nH]c2c1. The van der Waals surface area contributed by atoms with E-state index in [1.54, 1.807) is 30.4 Å². The summed E-state index contributed by atoms with van der Waals surface area (Å²) in [6, 6.07) is 5.38. The van der Waals surface area contributed by atoms with E-state index in [4.69, 9.17) is 0 Å². The highest BCUT2D eigenvalue weighted by atomic mass is 16.2. The van der Waals surface area contributed by atoms with Gasteiger partial charge in [0.15, 0.2) is 0 Å². The lowest BCUT2D eigenvalue weighted by Crippen LogP contribution is -2.26. The number of hydrogen-bond acceptors (Lipinski definition) is 4. The minimum atomic E-state index is -0.0760. The van der Waals surface area contributed by atoms with Crippen molar-refractivity contribution >= 4 is 16.9 Å². The van der Waals surface area contributed by atoms with E-state index in [0.717, 1.165) is 11.0 Å². The zero-order valence-corrected chi connectivity index (χ0v) is 10.3. The first-order valence-electron chi connectivity index (χ1n) is 5.77. The monoisotopic (exact) mass is 256 g/mol. The Bertz CT molecular complexity index is 702. The van der Waals surface area contributed by atoms with Crippen LogP contribution >= 0.6 is 0 Å². The van der Waals surface area contributed by atoms with Gasteiger partial charge in [-0.05, 0) is 18.2 Å². The molecule has 3 aromatic rings. The van der Waals surface area contributed by atoms with Gasteiger partial charge in [0.05, 0.1) is 23.9 Å². The standard InChI is InChI=1S/C12H12N6O/c1-18(5-11-15-7-16-17-11)12(19)8-2-3-9-10(4-8)14-6-13-9/h2-4,6-7H,5H2,1H3,(H,13,14)(H,15,16,17). The second-order valence-corrected chi connectivity index (χ2v) is 4.23. The molecule has 1 aromatic carbocycles. The summed E-state index contributed by atoms with van der Waals surface area (Å²) < 4.78 is 0. The molecule has 0 saturated carbocycles. The summed E-state index contributed by atoms with van der Waals surface area (Å²) in [7, 11) is 1.72. The van der Waals surface area contributed by atoms with Crippen LogP contribution in [-0.4, -0.2) is 43.0 Å². The molecule has 0 fully saturated rings. The second kappa shape index (κ2) is 4.52. The third-order valence-corrected chi connectivity index (χ3v) is 2.87. The molecule has 0 aliphatic rings. The van der Waals surface area contributed by atoms with E-state index < -0.39 is 0 Å². The Morgan fingerprint density at radius 2 is 2.26 bits per heavy atom. The number of imidazole rings is 1. The van der Waals surface area contributed by atoms with Gasteiger partial charge in [0, 0.05) is 12.6 Å². The van der Waals surface area contributed by atoms with Crippen molar-refractivity contribution in [3.8, 4) is 0 Å². The summed E-state index contributed by atoms with van der Waals surface area (Å²) in [6.45, 7) is 0.389. The number of nitrogens with one attached hydrogen (secondary N) is 2. The number of aromatic amines is 2. The molecule has 0 unspecified atom stereocenters. The van der Waals surface area contributed by atoms with Crippen LogP contribution in [0.15, 0.2) is 30.9 Å². The van der Waals surface area contributed by atoms with Crippen molar-refractivity contribution in [2.75, 3.05) is 7.05 Å². The van der Waals surface area contributed by atoms with E-state index in [2.05, 4.69) is 25.1 Å². The number of aromatic nitrogens is 5. The first kappa shape index (κ1) is 11.4. The van der Waals surface area contributed by atoms with Gasteiger partial charge in [-0.2, -0.15) is 5.10 Å². The van der Waals surface area contributed by atoms with Crippen molar-refractivity contribution in [2.45, 2.75) is 6.54 Å². The molecule has 7 nitrogen and oxygen atoms in total. The predicted octanol–water partition coefficient (Wildman–Crippen LogP) is 0.953. The van der Waals surface area contributed by atoms with E-state index in [1.807, 2.05) is 6.07 Å². The van der Waals surface area contributed by atoms with E-state index in [9.17, 15) is 4.79 Å². The number of hydrogen-bond donors (Lipinski definition) is 2. The average molecular weight is 256 g/mol. The van der Waals surface area contributed by atoms with Gasteiger partial charge in [0.2, 0.25) is 0 Å². The average Bonchev–Trinajstić information content (AvgIpc) is 3.07. The van der Waals surface area contributed by atoms with E-state index in [0.29, 0.717) is 17.9 Å². The van der Waals surface area contributed by atoms with Gasteiger partial charge in [-0.3, -0.25) is 9.89 Å². The first-order valence-corrected chi connectivity index (χ1v) is 5.77. The van der Waals surface area contributed by atoms with Crippen LogP contribution in [0.3, 0.4) is 0 Å². The Hall–Kier alpha value is -2.70. The molecule has 0 saturated heterocycles. The van der Waals surface area contributed by atoms with Crippen molar-refractivity contribution in [2.24, 2.45) is 0 Å². The van der Waals surface area contributed by atoms with Crippen molar-refractivity contribution < 1.29 is 4.79 Å². The molecule has 19 heavy (non-hydrogen) atoms. The molecule has 96 valence electrons. The number of rotatable bonds is 3. The Balaban J connectivity index is 1.82. The highest BCUT2D eigenvalue weighted by molar-refractivity contribution is 5.97. The van der Waals surface area contributed by atoms with E-state index in [1.165, 1.54) is 6.33 Å². The highest BCUT2D eigenvalue weighted by Gasteiger charge is 2.14. The first-order chi connectivity index (χ1) is 9.24. The third kappa shape index (κ3) is 2.17. The minimum Gasteiger partial charge on any atom is -0.345 e. The fourth-order valence-corrected chi connectivity index (χ4v) is 1.89. The second-order valence-electron chi connectivity index (χ2n) is 4.23. The van der Waals surface area contributed by atoms with Crippen molar-refractivity contribution in [1.29, 1.82) is 0 Å². The Morgan fingerprint density at radius 1 is 1.37 bits per heavy atom. The van der Waals surface area contributed by atoms with Crippen LogP contribution in [0.1, 0.15) is 16.2 Å². The Morgan fingerprint density at radius 3 is 3.05 bits per heavy atom. The molecular weight excluding hydrogens is 244 g/mol. The molecule has 0 aliphatic carbocycles. The van der Waals surface area contributed by atoms with Gasteiger partial charge in [-0.1, -0.05) is 0 Å². The maximum atomic E-state index is 12.3. The zero-order valence-electron chi connectivity index (χ0n) is 10.3. The van der Waals surface area contributed by atoms with Crippen LogP contribution in [0.2, 0.25) is 0 Å². The van der Waals surface area contributed by atoms with Crippen LogP contribution in [-0.2, 0) is 6.54 Å². The van der Waals surface area contributed by atoms with Crippen LogP contribution in [0.4, 0.5) is 0 Å². The molecular formula is C12H12N6O. The molecule has 1 amide bonds. The van der Waals surface area contributed by atoms with Gasteiger partial charge in [0.1, 0.15) is 12.2 Å². The van der Waals surface area contributed by atoms with Crippen LogP contribution in [0, 0.1) is 0 Å². The summed E-state index contributed by atoms with van der Waals surface area (Å²) >= 11 is 0. The van der Waals surface area contributed by atoms with Crippen molar-refractivity contribution in [3.05, 3.63) is 42.2 Å². The number of benzene rings is 1. The molecule has 7 heteroatoms. The maximum absolute atomic E-state index is 12.3. The molecule has 0 bridgehead atoms. The van der Waals surface area contributed by atoms with Crippen LogP contribution in [0.5, 0.6) is 0 Å². The number of amides is 1. The zero-order chi connectivity index (χ0) is 13.2. The van der Waals surface area contributed by atoms with Crippen molar-refractivity contribution in [3.63, 3.8) is 0 Å². The summed E-state index contributed by atoms with van der Waals surface area (Å²) in [5.74, 6) is 0.575. The number of H-pyrrole nitrogens is 2. The summed E-state index contributed by atoms with van der Waals surface area (Å²) in [5.41, 5.74) is 2.30. The van der Waals surface area contributed by atoms with E-state index >= 15 is 0 Å². The summed E-state index contributed by atoms with van der Waals surface area (Å²) in [6.07, 6.45) is 3.03. The molecule has 2 heterocycles. The number of carbonyl (C=O) groups excluding carboxylic acids is 1. The molecule has 3 rings (SSSR count). The quantitative estimate of drug-likeness (QED) is 0.730. The van der Waals surface area contributed by atoms with Gasteiger partial charge in [0.25, 0.3) is 5.91 Å². The van der Waals surface area contributed by atoms with Crippen molar-refractivity contribution in [1.82, 2.24) is 30.0 Å². The topological polar surface area (TPSA) is 90.6 Å². The predicted molar refractivity (Wildman–Crippen MR) is 68.3 cm³/mol. The molecule has 0 spiro atoms. The highest BCUT2D eigenvalue weighted by Crippen LogP contribution is 2.13. The molecule has 0 radical (unpaired) electrons. The third-order valence-electron chi connectivity index (χ3n) is 2.87. The normalized spacial score (nSPS) is 10.8. The molecule has 2 aromatic heterocycles. The van der Waals surface area contributed by atoms with Crippen LogP contribution in [0.25, 0.3) is 11.0 Å². The number of carbonyl (C=O) groups is 1. The lowest BCUT2D eigenvalue weighted by molar-refractivity contribution is 0.0782. The molecule has 0 atom stereocenters. The number of nitrogens with zero attached hydrogens (tertiary/aromatic N) is 4. The fraction of sp³-hybridized carbons (Fsp3) is 0.167. The van der Waals surface area contributed by atoms with Gasteiger partial charge in [-0.15, -0.1) is 0 Å². The van der Waals surface area contributed by atoms with E-state index in [-0.39, 0.29) is 5.91 Å². The molecule has 2 N–H and O–H groups in total. The van der Waals surface area contributed by atoms with Gasteiger partial charge < -0.3 is 9.88 Å². The molecule has 0 aliphatic heterocycles. The number of fused-ring (bicyclic) bond motifs is 1. The van der Waals surface area contributed by atoms with Gasteiger partial charge in [-0.25, -0.2) is 9.97 Å². The smallest absolute Gasteiger partial charge is 0.254 e. The largest absolute Gasteiger partial charge is 0.345 e. The minimum absolute atomic E-state index is 0.0760. The Kier molecular flexibility index (Phi) is 2.71. The van der Waals surface area contributed by atoms with Crippen LogP contribution < -0.4 is 0 Å². The lowest BCUT2D eigenvalue weighted by atomic mass is 10.2.